The second kappa shape index (κ2) is 10.3. The van der Waals surface area contributed by atoms with Gasteiger partial charge in [-0.05, 0) is 47.4 Å². The van der Waals surface area contributed by atoms with Crippen LogP contribution in [0, 0.1) is 6.92 Å². The first-order valence-electron chi connectivity index (χ1n) is 10.1. The molecule has 0 heterocycles. The Morgan fingerprint density at radius 2 is 1.52 bits per heavy atom. The number of hydrogen-bond donors (Lipinski definition) is 4. The van der Waals surface area contributed by atoms with E-state index in [1.807, 2.05) is 49.4 Å². The lowest BCUT2D eigenvalue weighted by molar-refractivity contribution is 0.0413. The van der Waals surface area contributed by atoms with Crippen LogP contribution in [0.5, 0.6) is 5.75 Å². The predicted molar refractivity (Wildman–Crippen MR) is 119 cm³/mol. The minimum absolute atomic E-state index is 0.328. The van der Waals surface area contributed by atoms with Crippen molar-refractivity contribution in [3.63, 3.8) is 0 Å². The normalized spacial score (nSPS) is 11.4. The Bertz CT molecular complexity index is 990. The van der Waals surface area contributed by atoms with Gasteiger partial charge in [-0.2, -0.15) is 0 Å². The van der Waals surface area contributed by atoms with Crippen molar-refractivity contribution in [3.8, 4) is 16.9 Å². The maximum absolute atomic E-state index is 12.8. The summed E-state index contributed by atoms with van der Waals surface area (Å²) in [6.07, 6.45) is 0. The van der Waals surface area contributed by atoms with Crippen molar-refractivity contribution in [2.75, 3.05) is 19.8 Å². The van der Waals surface area contributed by atoms with Crippen LogP contribution in [0.1, 0.15) is 21.5 Å². The molecule has 0 spiro atoms. The van der Waals surface area contributed by atoms with Gasteiger partial charge in [0.25, 0.3) is 0 Å². The number of aliphatic hydroxyl groups excluding tert-OH is 3. The number of aliphatic hydroxyl groups is 3. The molecule has 31 heavy (non-hydrogen) atoms. The third-order valence-corrected chi connectivity index (χ3v) is 5.35. The Balaban J connectivity index is 1.69. The molecule has 0 radical (unpaired) electrons. The van der Waals surface area contributed by atoms with Gasteiger partial charge >= 0.3 is 5.97 Å². The molecule has 3 aromatic carbocycles. The molecule has 0 saturated carbocycles. The van der Waals surface area contributed by atoms with Gasteiger partial charge in [0, 0.05) is 6.54 Å². The summed E-state index contributed by atoms with van der Waals surface area (Å²) in [5.41, 5.74) is 3.08. The van der Waals surface area contributed by atoms with Crippen LogP contribution >= 0.6 is 0 Å². The van der Waals surface area contributed by atoms with E-state index in [0.29, 0.717) is 17.9 Å². The minimum Gasteiger partial charge on any atom is -0.423 e. The summed E-state index contributed by atoms with van der Waals surface area (Å²) in [5, 5.41) is 31.1. The van der Waals surface area contributed by atoms with E-state index in [2.05, 4.69) is 5.32 Å². The Hall–Kier alpha value is -3.03. The SMILES string of the molecule is Cc1c(C(=O)Oc2ccc(CNC(CO)(CO)CO)cc2)cccc1-c1ccccc1. The van der Waals surface area contributed by atoms with Gasteiger partial charge in [0.2, 0.25) is 0 Å². The van der Waals surface area contributed by atoms with E-state index in [1.54, 1.807) is 30.3 Å². The van der Waals surface area contributed by atoms with Crippen molar-refractivity contribution >= 4 is 5.97 Å². The number of benzene rings is 3. The van der Waals surface area contributed by atoms with Gasteiger partial charge in [0.1, 0.15) is 5.75 Å². The van der Waals surface area contributed by atoms with Crippen LogP contribution in [0.25, 0.3) is 11.1 Å². The first-order chi connectivity index (χ1) is 15.0. The number of esters is 1. The van der Waals surface area contributed by atoms with Crippen molar-refractivity contribution in [3.05, 3.63) is 89.5 Å². The summed E-state index contributed by atoms with van der Waals surface area (Å²) >= 11 is 0. The molecule has 0 aliphatic heterocycles. The number of rotatable bonds is 9. The molecule has 0 unspecified atom stereocenters. The van der Waals surface area contributed by atoms with Crippen molar-refractivity contribution in [1.29, 1.82) is 0 Å². The zero-order valence-electron chi connectivity index (χ0n) is 17.4. The average Bonchev–Trinajstić information content (AvgIpc) is 2.82. The molecule has 0 aliphatic rings. The van der Waals surface area contributed by atoms with Gasteiger partial charge in [-0.3, -0.25) is 0 Å². The fraction of sp³-hybridized carbons (Fsp3) is 0.240. The Kier molecular flexibility index (Phi) is 7.55. The monoisotopic (exact) mass is 421 g/mol. The lowest BCUT2D eigenvalue weighted by Crippen LogP contribution is -2.54. The molecule has 0 aromatic heterocycles. The van der Waals surface area contributed by atoms with Crippen molar-refractivity contribution in [2.24, 2.45) is 0 Å². The molecule has 162 valence electrons. The molecule has 3 aromatic rings. The molecule has 0 fully saturated rings. The van der Waals surface area contributed by atoms with Gasteiger partial charge in [-0.15, -0.1) is 0 Å². The third-order valence-electron chi connectivity index (χ3n) is 5.35. The fourth-order valence-corrected chi connectivity index (χ4v) is 3.23. The van der Waals surface area contributed by atoms with Gasteiger partial charge in [-0.1, -0.05) is 54.6 Å². The Morgan fingerprint density at radius 1 is 0.871 bits per heavy atom. The highest BCUT2D eigenvalue weighted by Gasteiger charge is 2.27. The smallest absolute Gasteiger partial charge is 0.343 e. The third kappa shape index (κ3) is 5.37. The molecule has 3 rings (SSSR count). The maximum atomic E-state index is 12.8. The van der Waals surface area contributed by atoms with E-state index in [0.717, 1.165) is 22.3 Å². The van der Waals surface area contributed by atoms with Crippen LogP contribution in [0.15, 0.2) is 72.8 Å². The minimum atomic E-state index is -1.15. The number of hydrogen-bond acceptors (Lipinski definition) is 6. The predicted octanol–water partition coefficient (Wildman–Crippen LogP) is 2.69. The van der Waals surface area contributed by atoms with Crippen molar-refractivity contribution in [1.82, 2.24) is 5.32 Å². The summed E-state index contributed by atoms with van der Waals surface area (Å²) in [6.45, 7) is 1.06. The lowest BCUT2D eigenvalue weighted by atomic mass is 9.96. The molecule has 0 saturated heterocycles. The zero-order chi connectivity index (χ0) is 22.3. The lowest BCUT2D eigenvalue weighted by Gasteiger charge is -2.28. The highest BCUT2D eigenvalue weighted by Crippen LogP contribution is 2.26. The van der Waals surface area contributed by atoms with Gasteiger partial charge in [0.05, 0.1) is 30.9 Å². The topological polar surface area (TPSA) is 99.0 Å². The van der Waals surface area contributed by atoms with Gasteiger partial charge in [-0.25, -0.2) is 4.79 Å². The summed E-state index contributed by atoms with van der Waals surface area (Å²) in [7, 11) is 0. The van der Waals surface area contributed by atoms with Gasteiger partial charge < -0.3 is 25.4 Å². The zero-order valence-corrected chi connectivity index (χ0v) is 17.4. The van der Waals surface area contributed by atoms with E-state index >= 15 is 0 Å². The molecule has 6 heteroatoms. The molecule has 6 nitrogen and oxygen atoms in total. The van der Waals surface area contributed by atoms with Crippen molar-refractivity contribution < 1.29 is 24.9 Å². The van der Waals surface area contributed by atoms with Crippen LogP contribution in [-0.4, -0.2) is 46.6 Å². The van der Waals surface area contributed by atoms with E-state index < -0.39 is 31.3 Å². The van der Waals surface area contributed by atoms with E-state index in [1.165, 1.54) is 0 Å². The Morgan fingerprint density at radius 3 is 2.13 bits per heavy atom. The highest BCUT2D eigenvalue weighted by atomic mass is 16.5. The first-order valence-corrected chi connectivity index (χ1v) is 10.1. The summed E-state index contributed by atoms with van der Waals surface area (Å²) in [6, 6.07) is 22.4. The molecular weight excluding hydrogens is 394 g/mol. The maximum Gasteiger partial charge on any atom is 0.343 e. The van der Waals surface area contributed by atoms with Crippen LogP contribution in [0.4, 0.5) is 0 Å². The van der Waals surface area contributed by atoms with Gasteiger partial charge in [0.15, 0.2) is 0 Å². The molecule has 0 aliphatic carbocycles. The van der Waals surface area contributed by atoms with Crippen LogP contribution < -0.4 is 10.1 Å². The number of carbonyl (C=O) groups is 1. The highest BCUT2D eigenvalue weighted by molar-refractivity contribution is 5.94. The first kappa shape index (κ1) is 22.7. The van der Waals surface area contributed by atoms with Crippen LogP contribution in [-0.2, 0) is 6.54 Å². The molecule has 0 amide bonds. The molecular formula is C25H27NO5. The number of nitrogens with one attached hydrogen (secondary N) is 1. The Labute approximate surface area is 181 Å². The second-order valence-electron chi connectivity index (χ2n) is 7.49. The van der Waals surface area contributed by atoms with E-state index in [9.17, 15) is 20.1 Å². The van der Waals surface area contributed by atoms with Crippen LogP contribution in [0.2, 0.25) is 0 Å². The van der Waals surface area contributed by atoms with Crippen molar-refractivity contribution in [2.45, 2.75) is 19.0 Å². The number of ether oxygens (including phenoxy) is 1. The molecule has 0 bridgehead atoms. The summed E-state index contributed by atoms with van der Waals surface area (Å²) in [5.74, 6) is -0.0167. The average molecular weight is 421 g/mol. The summed E-state index contributed by atoms with van der Waals surface area (Å²) in [4.78, 5) is 12.8. The fourth-order valence-electron chi connectivity index (χ4n) is 3.23. The standard InChI is InChI=1S/C25H27NO5/c1-18-22(20-6-3-2-4-7-20)8-5-9-23(18)24(30)31-21-12-10-19(11-13-21)14-26-25(15-27,16-28)17-29/h2-13,26-29H,14-17H2,1H3. The second-order valence-corrected chi connectivity index (χ2v) is 7.49. The largest absolute Gasteiger partial charge is 0.423 e. The van der Waals surface area contributed by atoms with E-state index in [-0.39, 0.29) is 0 Å². The quantitative estimate of drug-likeness (QED) is 0.313. The molecule has 4 N–H and O–H groups in total. The molecule has 0 atom stereocenters. The summed E-state index contributed by atoms with van der Waals surface area (Å²) < 4.78 is 5.56. The van der Waals surface area contributed by atoms with E-state index in [4.69, 9.17) is 4.74 Å². The van der Waals surface area contributed by atoms with Crippen LogP contribution in [0.3, 0.4) is 0 Å². The number of carbonyl (C=O) groups excluding carboxylic acids is 1.